The van der Waals surface area contributed by atoms with E-state index in [-0.39, 0.29) is 0 Å². The van der Waals surface area contributed by atoms with Crippen LogP contribution in [-0.4, -0.2) is 56.3 Å². The second-order valence-electron chi connectivity index (χ2n) is 7.54. The molecule has 2 aliphatic rings. The van der Waals surface area contributed by atoms with Gasteiger partial charge in [0.25, 0.3) is 0 Å². The van der Waals surface area contributed by atoms with Crippen LogP contribution in [0, 0.1) is 5.41 Å². The first-order valence-electron chi connectivity index (χ1n) is 9.20. The fraction of sp³-hybridized carbons (Fsp3) is 0.550. The standard InChI is InChI=1S/C20H26ClN3O/c1-25-12-11-23-9-2-6-20(14-23)7-10-24(15-20)19-5-8-22-18-13-16(21)3-4-17(18)19/h3-5,8,13H,2,6-7,9-12,14-15H2,1H3/t20-/m0/s1. The van der Waals surface area contributed by atoms with Crippen molar-refractivity contribution in [3.63, 3.8) is 0 Å². The Labute approximate surface area is 154 Å². The van der Waals surface area contributed by atoms with Crippen LogP contribution < -0.4 is 4.90 Å². The van der Waals surface area contributed by atoms with E-state index in [4.69, 9.17) is 16.3 Å². The van der Waals surface area contributed by atoms with Crippen molar-refractivity contribution in [2.45, 2.75) is 19.3 Å². The van der Waals surface area contributed by atoms with Crippen LogP contribution in [0.15, 0.2) is 30.5 Å². The van der Waals surface area contributed by atoms with Gasteiger partial charge in [0.2, 0.25) is 0 Å². The number of halogens is 1. The summed E-state index contributed by atoms with van der Waals surface area (Å²) in [5, 5.41) is 1.95. The number of piperidine rings is 1. The van der Waals surface area contributed by atoms with Crippen molar-refractivity contribution in [1.29, 1.82) is 0 Å². The minimum Gasteiger partial charge on any atom is -0.383 e. The molecule has 1 spiro atoms. The Balaban J connectivity index is 1.54. The van der Waals surface area contributed by atoms with E-state index in [0.717, 1.165) is 36.8 Å². The van der Waals surface area contributed by atoms with Crippen LogP contribution in [0.4, 0.5) is 5.69 Å². The van der Waals surface area contributed by atoms with Crippen LogP contribution in [0.3, 0.4) is 0 Å². The van der Waals surface area contributed by atoms with Crippen molar-refractivity contribution < 1.29 is 4.74 Å². The van der Waals surface area contributed by atoms with E-state index in [9.17, 15) is 0 Å². The Bertz CT molecular complexity index is 753. The maximum Gasteiger partial charge on any atom is 0.0737 e. The fourth-order valence-electron chi connectivity index (χ4n) is 4.58. The summed E-state index contributed by atoms with van der Waals surface area (Å²) in [6.45, 7) is 6.55. The first-order chi connectivity index (χ1) is 12.2. The van der Waals surface area contributed by atoms with Gasteiger partial charge in [0.05, 0.1) is 12.1 Å². The first kappa shape index (κ1) is 17.1. The summed E-state index contributed by atoms with van der Waals surface area (Å²) >= 11 is 6.14. The number of nitrogens with zero attached hydrogens (tertiary/aromatic N) is 3. The zero-order chi connectivity index (χ0) is 17.3. The van der Waals surface area contributed by atoms with E-state index < -0.39 is 0 Å². The maximum atomic E-state index is 6.14. The summed E-state index contributed by atoms with van der Waals surface area (Å²) < 4.78 is 5.27. The molecule has 2 fully saturated rings. The van der Waals surface area contributed by atoms with Crippen molar-refractivity contribution >= 4 is 28.2 Å². The summed E-state index contributed by atoms with van der Waals surface area (Å²) in [6, 6.07) is 8.19. The molecule has 1 aromatic heterocycles. The Kier molecular flexibility index (Phi) is 4.85. The summed E-state index contributed by atoms with van der Waals surface area (Å²) in [5.74, 6) is 0. The highest BCUT2D eigenvalue weighted by molar-refractivity contribution is 6.31. The Morgan fingerprint density at radius 2 is 2.12 bits per heavy atom. The number of likely N-dealkylation sites (tertiary alicyclic amines) is 1. The number of hydrogen-bond donors (Lipinski definition) is 0. The number of fused-ring (bicyclic) bond motifs is 1. The molecular formula is C20H26ClN3O. The third-order valence-corrected chi connectivity index (χ3v) is 6.05. The van der Waals surface area contributed by atoms with Crippen LogP contribution in [-0.2, 0) is 4.74 Å². The number of methoxy groups -OCH3 is 1. The molecule has 3 heterocycles. The molecule has 2 saturated heterocycles. The Morgan fingerprint density at radius 3 is 3.00 bits per heavy atom. The molecule has 4 nitrogen and oxygen atoms in total. The van der Waals surface area contributed by atoms with E-state index in [1.165, 1.54) is 43.4 Å². The molecule has 5 heteroatoms. The average molecular weight is 360 g/mol. The van der Waals surface area contributed by atoms with E-state index in [1.807, 2.05) is 18.3 Å². The van der Waals surface area contributed by atoms with Crippen molar-refractivity contribution in [1.82, 2.24) is 9.88 Å². The molecule has 0 amide bonds. The highest BCUT2D eigenvalue weighted by atomic mass is 35.5. The van der Waals surface area contributed by atoms with Gasteiger partial charge in [0, 0.05) is 61.0 Å². The van der Waals surface area contributed by atoms with Crippen LogP contribution in [0.5, 0.6) is 0 Å². The molecule has 0 aliphatic carbocycles. The van der Waals surface area contributed by atoms with Crippen molar-refractivity contribution in [2.75, 3.05) is 51.3 Å². The number of hydrogen-bond acceptors (Lipinski definition) is 4. The van der Waals surface area contributed by atoms with Crippen LogP contribution in [0.2, 0.25) is 5.02 Å². The van der Waals surface area contributed by atoms with E-state index in [0.29, 0.717) is 5.41 Å². The van der Waals surface area contributed by atoms with Gasteiger partial charge in [-0.05, 0) is 50.1 Å². The van der Waals surface area contributed by atoms with Crippen molar-refractivity contribution in [3.8, 4) is 0 Å². The number of pyridine rings is 1. The minimum absolute atomic E-state index is 0.425. The predicted octanol–water partition coefficient (Wildman–Crippen LogP) is 3.83. The number of aromatic nitrogens is 1. The number of anilines is 1. The molecule has 25 heavy (non-hydrogen) atoms. The molecule has 134 valence electrons. The second-order valence-corrected chi connectivity index (χ2v) is 7.97. The fourth-order valence-corrected chi connectivity index (χ4v) is 4.74. The van der Waals surface area contributed by atoms with Crippen LogP contribution in [0.25, 0.3) is 10.9 Å². The van der Waals surface area contributed by atoms with Crippen molar-refractivity contribution in [3.05, 3.63) is 35.5 Å². The number of rotatable bonds is 4. The molecule has 4 rings (SSSR count). The third-order valence-electron chi connectivity index (χ3n) is 5.81. The summed E-state index contributed by atoms with van der Waals surface area (Å²) in [5.41, 5.74) is 2.71. The van der Waals surface area contributed by atoms with Gasteiger partial charge >= 0.3 is 0 Å². The molecule has 1 aromatic carbocycles. The number of benzene rings is 1. The highest BCUT2D eigenvalue weighted by Gasteiger charge is 2.41. The lowest BCUT2D eigenvalue weighted by Gasteiger charge is -2.40. The molecule has 1 atom stereocenters. The Morgan fingerprint density at radius 1 is 1.20 bits per heavy atom. The van der Waals surface area contributed by atoms with E-state index in [2.05, 4.69) is 26.9 Å². The molecule has 0 saturated carbocycles. The largest absolute Gasteiger partial charge is 0.383 e. The van der Waals surface area contributed by atoms with Crippen LogP contribution >= 0.6 is 11.6 Å². The lowest BCUT2D eigenvalue weighted by molar-refractivity contribution is 0.0756. The zero-order valence-corrected chi connectivity index (χ0v) is 15.6. The van der Waals surface area contributed by atoms with Crippen molar-refractivity contribution in [2.24, 2.45) is 5.41 Å². The summed E-state index contributed by atoms with van der Waals surface area (Å²) in [6.07, 6.45) is 5.81. The SMILES string of the molecule is COCCN1CCC[C@]2(CCN(c3ccnc4cc(Cl)ccc34)C2)C1. The average Bonchev–Trinajstić information content (AvgIpc) is 3.02. The summed E-state index contributed by atoms with van der Waals surface area (Å²) in [7, 11) is 1.79. The van der Waals surface area contributed by atoms with Gasteiger partial charge in [-0.1, -0.05) is 11.6 Å². The van der Waals surface area contributed by atoms with Gasteiger partial charge < -0.3 is 14.5 Å². The van der Waals surface area contributed by atoms with Gasteiger partial charge in [0.1, 0.15) is 0 Å². The minimum atomic E-state index is 0.425. The highest BCUT2D eigenvalue weighted by Crippen LogP contribution is 2.42. The van der Waals surface area contributed by atoms with Gasteiger partial charge in [0.15, 0.2) is 0 Å². The lowest BCUT2D eigenvalue weighted by Crippen LogP contribution is -2.45. The van der Waals surface area contributed by atoms with Gasteiger partial charge in [-0.25, -0.2) is 0 Å². The monoisotopic (exact) mass is 359 g/mol. The number of ether oxygens (including phenoxy) is 1. The molecule has 0 unspecified atom stereocenters. The van der Waals surface area contributed by atoms with E-state index >= 15 is 0 Å². The summed E-state index contributed by atoms with van der Waals surface area (Å²) in [4.78, 5) is 9.63. The quantitative estimate of drug-likeness (QED) is 0.829. The van der Waals surface area contributed by atoms with Gasteiger partial charge in [-0.15, -0.1) is 0 Å². The first-order valence-corrected chi connectivity index (χ1v) is 9.57. The third kappa shape index (κ3) is 3.48. The van der Waals surface area contributed by atoms with Gasteiger partial charge in [-0.2, -0.15) is 0 Å². The second kappa shape index (κ2) is 7.10. The zero-order valence-electron chi connectivity index (χ0n) is 14.9. The smallest absolute Gasteiger partial charge is 0.0737 e. The molecule has 2 aromatic rings. The molecule has 0 radical (unpaired) electrons. The van der Waals surface area contributed by atoms with Gasteiger partial charge in [-0.3, -0.25) is 4.98 Å². The molecular weight excluding hydrogens is 334 g/mol. The topological polar surface area (TPSA) is 28.6 Å². The lowest BCUT2D eigenvalue weighted by atomic mass is 9.79. The molecule has 0 N–H and O–H groups in total. The van der Waals surface area contributed by atoms with Crippen LogP contribution in [0.1, 0.15) is 19.3 Å². The molecule has 0 bridgehead atoms. The predicted molar refractivity (Wildman–Crippen MR) is 104 cm³/mol. The van der Waals surface area contributed by atoms with E-state index in [1.54, 1.807) is 7.11 Å². The molecule has 2 aliphatic heterocycles. The Hall–Kier alpha value is -1.36. The normalized spacial score (nSPS) is 24.5. The maximum absolute atomic E-state index is 6.14.